The van der Waals surface area contributed by atoms with Gasteiger partial charge in [0.25, 0.3) is 0 Å². The minimum Gasteiger partial charge on any atom is -0.354 e. The van der Waals surface area contributed by atoms with Gasteiger partial charge in [0.1, 0.15) is 0 Å². The van der Waals surface area contributed by atoms with E-state index < -0.39 is 0 Å². The number of hydrogen-bond acceptors (Lipinski definition) is 4. The van der Waals surface area contributed by atoms with E-state index in [-0.39, 0.29) is 46.8 Å². The molecular weight excluding hydrogens is 324 g/mol. The highest BCUT2D eigenvalue weighted by Gasteiger charge is 2.44. The van der Waals surface area contributed by atoms with E-state index in [0.717, 1.165) is 12.2 Å². The maximum atomic E-state index is 12.3. The first-order chi connectivity index (χ1) is 10.9. The summed E-state index contributed by atoms with van der Waals surface area (Å²) in [5.41, 5.74) is -0.213. The van der Waals surface area contributed by atoms with Gasteiger partial charge in [-0.1, -0.05) is 41.5 Å². The molecule has 5 nitrogen and oxygen atoms in total. The number of hydrogen-bond donors (Lipinski definition) is 1. The molecule has 0 saturated carbocycles. The first kappa shape index (κ1) is 21.0. The highest BCUT2D eigenvalue weighted by molar-refractivity contribution is 8.00. The summed E-state index contributed by atoms with van der Waals surface area (Å²) in [6.07, 6.45) is 1.59. The third-order valence-electron chi connectivity index (χ3n) is 4.03. The normalized spacial score (nSPS) is 19.1. The van der Waals surface area contributed by atoms with Crippen LogP contribution in [0.1, 0.15) is 60.8 Å². The van der Waals surface area contributed by atoms with E-state index in [1.165, 1.54) is 4.90 Å². The average molecular weight is 357 g/mol. The highest BCUT2D eigenvalue weighted by Crippen LogP contribution is 2.35. The average Bonchev–Trinajstić information content (AvgIpc) is 2.70. The molecule has 1 aliphatic rings. The molecule has 1 heterocycles. The zero-order valence-electron chi connectivity index (χ0n) is 15.9. The van der Waals surface area contributed by atoms with Crippen LogP contribution >= 0.6 is 11.8 Å². The third-order valence-corrected chi connectivity index (χ3v) is 5.39. The van der Waals surface area contributed by atoms with Crippen LogP contribution in [-0.2, 0) is 14.4 Å². The van der Waals surface area contributed by atoms with Gasteiger partial charge < -0.3 is 5.32 Å². The molecule has 1 unspecified atom stereocenters. The molecule has 0 aromatic rings. The summed E-state index contributed by atoms with van der Waals surface area (Å²) >= 11 is 1.85. The first-order valence-corrected chi connectivity index (χ1v) is 9.65. The molecule has 0 aromatic heterocycles. The molecule has 24 heavy (non-hydrogen) atoms. The number of imide groups is 1. The Labute approximate surface area is 150 Å². The number of carbonyl (C=O) groups excluding carboxylic acids is 3. The molecule has 6 heteroatoms. The molecule has 0 aliphatic carbocycles. The lowest BCUT2D eigenvalue weighted by molar-refractivity contribution is -0.140. The molecular formula is C18H32N2O3S. The van der Waals surface area contributed by atoms with Crippen molar-refractivity contribution >= 4 is 29.5 Å². The van der Waals surface area contributed by atoms with Crippen LogP contribution in [0.3, 0.4) is 0 Å². The Morgan fingerprint density at radius 2 is 1.83 bits per heavy atom. The molecule has 1 saturated heterocycles. The summed E-state index contributed by atoms with van der Waals surface area (Å²) in [7, 11) is 0. The van der Waals surface area contributed by atoms with Crippen LogP contribution in [0.15, 0.2) is 0 Å². The Morgan fingerprint density at radius 1 is 1.21 bits per heavy atom. The van der Waals surface area contributed by atoms with E-state index in [0.29, 0.717) is 13.0 Å². The Bertz CT molecular complexity index is 478. The smallest absolute Gasteiger partial charge is 0.233 e. The summed E-state index contributed by atoms with van der Waals surface area (Å²) in [6.45, 7) is 13.0. The molecule has 0 radical (unpaired) electrons. The minimum atomic E-state index is -0.255. The summed E-state index contributed by atoms with van der Waals surface area (Å²) in [5.74, 6) is 0.443. The number of nitrogens with one attached hydrogen (secondary N) is 1. The van der Waals surface area contributed by atoms with Crippen molar-refractivity contribution in [3.05, 3.63) is 0 Å². The van der Waals surface area contributed by atoms with Crippen molar-refractivity contribution in [3.63, 3.8) is 0 Å². The van der Waals surface area contributed by atoms with Crippen molar-refractivity contribution in [1.82, 2.24) is 10.2 Å². The van der Waals surface area contributed by atoms with Crippen molar-refractivity contribution in [3.8, 4) is 0 Å². The largest absolute Gasteiger partial charge is 0.354 e. The predicted molar refractivity (Wildman–Crippen MR) is 98.7 cm³/mol. The lowest BCUT2D eigenvalue weighted by Gasteiger charge is -2.24. The molecule has 0 aromatic carbocycles. The topological polar surface area (TPSA) is 66.5 Å². The molecule has 0 bridgehead atoms. The lowest BCUT2D eigenvalue weighted by Crippen LogP contribution is -2.39. The van der Waals surface area contributed by atoms with Gasteiger partial charge in [-0.05, 0) is 17.6 Å². The summed E-state index contributed by atoms with van der Waals surface area (Å²) in [6, 6.07) is 0. The highest BCUT2D eigenvalue weighted by atomic mass is 32.2. The van der Waals surface area contributed by atoms with Crippen molar-refractivity contribution < 1.29 is 14.4 Å². The molecule has 1 rings (SSSR count). The van der Waals surface area contributed by atoms with E-state index in [1.807, 2.05) is 32.5 Å². The maximum absolute atomic E-state index is 12.3. The van der Waals surface area contributed by atoms with Gasteiger partial charge in [-0.3, -0.25) is 19.3 Å². The second-order valence-electron chi connectivity index (χ2n) is 8.42. The summed E-state index contributed by atoms with van der Waals surface area (Å²) in [4.78, 5) is 37.5. The second kappa shape index (κ2) is 8.37. The van der Waals surface area contributed by atoms with Crippen molar-refractivity contribution in [2.24, 2.45) is 11.3 Å². The molecule has 1 N–H and O–H groups in total. The summed E-state index contributed by atoms with van der Waals surface area (Å²) < 4.78 is 0.219. The second-order valence-corrected chi connectivity index (χ2v) is 10.3. The quantitative estimate of drug-likeness (QED) is 0.563. The van der Waals surface area contributed by atoms with E-state index in [2.05, 4.69) is 26.1 Å². The van der Waals surface area contributed by atoms with Crippen LogP contribution in [0.4, 0.5) is 0 Å². The van der Waals surface area contributed by atoms with E-state index in [4.69, 9.17) is 0 Å². The molecule has 1 atom stereocenters. The number of nitrogens with zero attached hydrogens (tertiary/aromatic N) is 1. The molecule has 3 amide bonds. The molecule has 1 aliphatic heterocycles. The Morgan fingerprint density at radius 3 is 2.33 bits per heavy atom. The van der Waals surface area contributed by atoms with Gasteiger partial charge >= 0.3 is 0 Å². The van der Waals surface area contributed by atoms with Gasteiger partial charge in [0.05, 0.1) is 5.92 Å². The minimum absolute atomic E-state index is 0.0176. The number of likely N-dealkylation sites (tertiary alicyclic amines) is 1. The lowest BCUT2D eigenvalue weighted by atomic mass is 9.80. The number of amides is 3. The Hall–Kier alpha value is -1.04. The van der Waals surface area contributed by atoms with E-state index in [1.54, 1.807) is 0 Å². The van der Waals surface area contributed by atoms with Gasteiger partial charge in [-0.2, -0.15) is 11.8 Å². The zero-order chi connectivity index (χ0) is 18.5. The Balaban J connectivity index is 2.28. The number of carbonyl (C=O) groups is 3. The van der Waals surface area contributed by atoms with Crippen molar-refractivity contribution in [1.29, 1.82) is 0 Å². The van der Waals surface area contributed by atoms with Crippen LogP contribution in [-0.4, -0.2) is 46.2 Å². The van der Waals surface area contributed by atoms with Gasteiger partial charge in [0.2, 0.25) is 17.7 Å². The van der Waals surface area contributed by atoms with Crippen LogP contribution in [0.2, 0.25) is 0 Å². The van der Waals surface area contributed by atoms with E-state index >= 15 is 0 Å². The fourth-order valence-corrected chi connectivity index (χ4v) is 3.50. The summed E-state index contributed by atoms with van der Waals surface area (Å²) in [5, 5.41) is 2.81. The monoisotopic (exact) mass is 356 g/mol. The Kier molecular flexibility index (Phi) is 7.32. The fraction of sp³-hybridized carbons (Fsp3) is 0.833. The molecule has 138 valence electrons. The van der Waals surface area contributed by atoms with Crippen LogP contribution in [0, 0.1) is 11.3 Å². The van der Waals surface area contributed by atoms with Crippen LogP contribution < -0.4 is 5.32 Å². The van der Waals surface area contributed by atoms with Crippen molar-refractivity contribution in [2.45, 2.75) is 65.6 Å². The van der Waals surface area contributed by atoms with Gasteiger partial charge in [-0.15, -0.1) is 0 Å². The van der Waals surface area contributed by atoms with Crippen molar-refractivity contribution in [2.75, 3.05) is 18.8 Å². The van der Waals surface area contributed by atoms with E-state index in [9.17, 15) is 14.4 Å². The third kappa shape index (κ3) is 6.83. The molecule has 0 spiro atoms. The zero-order valence-corrected chi connectivity index (χ0v) is 16.7. The SMILES string of the molecule is CC(C)(C)SCCCC(=O)NCCN1C(=O)CC(C(C)(C)C)C1=O. The predicted octanol–water partition coefficient (Wildman–Crippen LogP) is 2.84. The van der Waals surface area contributed by atoms with Gasteiger partial charge in [0, 0.05) is 30.7 Å². The van der Waals surface area contributed by atoms with Gasteiger partial charge in [-0.25, -0.2) is 0 Å². The van der Waals surface area contributed by atoms with Crippen LogP contribution in [0.5, 0.6) is 0 Å². The standard InChI is InChI=1S/C18H32N2O3S/c1-17(2,3)13-12-15(22)20(16(13)23)10-9-19-14(21)8-7-11-24-18(4,5)6/h13H,7-12H2,1-6H3,(H,19,21). The molecule has 1 fully saturated rings. The fourth-order valence-electron chi connectivity index (χ4n) is 2.60. The first-order valence-electron chi connectivity index (χ1n) is 8.66. The maximum Gasteiger partial charge on any atom is 0.233 e. The number of thioether (sulfide) groups is 1. The van der Waals surface area contributed by atoms with Gasteiger partial charge in [0.15, 0.2) is 0 Å². The van der Waals surface area contributed by atoms with Crippen LogP contribution in [0.25, 0.3) is 0 Å². The number of rotatable bonds is 7.